The van der Waals surface area contributed by atoms with E-state index in [1.54, 1.807) is 18.7 Å². The molecule has 0 radical (unpaired) electrons. The van der Waals surface area contributed by atoms with E-state index in [-0.39, 0.29) is 11.9 Å². The first-order valence-corrected chi connectivity index (χ1v) is 7.05. The molecule has 0 bridgehead atoms. The third-order valence-electron chi connectivity index (χ3n) is 3.33. The van der Waals surface area contributed by atoms with Gasteiger partial charge in [0.05, 0.1) is 11.2 Å². The Hall–Kier alpha value is -0.710. The van der Waals surface area contributed by atoms with Gasteiger partial charge in [0, 0.05) is 6.04 Å². The Morgan fingerprint density at radius 1 is 1.53 bits per heavy atom. The molecule has 0 saturated heterocycles. The third kappa shape index (κ3) is 3.63. The van der Waals surface area contributed by atoms with Crippen molar-refractivity contribution in [2.45, 2.75) is 51.3 Å². The predicted molar refractivity (Wildman–Crippen MR) is 69.1 cm³/mol. The van der Waals surface area contributed by atoms with E-state index in [9.17, 15) is 14.7 Å². The normalized spacial score (nSPS) is 28.4. The quantitative estimate of drug-likeness (QED) is 0.791. The lowest BCUT2D eigenvalue weighted by molar-refractivity contribution is -0.149. The molecule has 0 aliphatic heterocycles. The van der Waals surface area contributed by atoms with Crippen LogP contribution in [-0.2, 0) is 9.59 Å². The van der Waals surface area contributed by atoms with Gasteiger partial charge < -0.3 is 10.4 Å². The van der Waals surface area contributed by atoms with Gasteiger partial charge in [-0.25, -0.2) is 0 Å². The number of carbonyl (C=O) groups is 2. The van der Waals surface area contributed by atoms with Gasteiger partial charge in [-0.15, -0.1) is 11.8 Å². The number of nitrogens with one attached hydrogen (secondary N) is 1. The van der Waals surface area contributed by atoms with Gasteiger partial charge in [0.25, 0.3) is 0 Å². The van der Waals surface area contributed by atoms with Gasteiger partial charge in [0.1, 0.15) is 0 Å². The Morgan fingerprint density at radius 3 is 2.71 bits per heavy atom. The minimum Gasteiger partial charge on any atom is -0.481 e. The minimum atomic E-state index is -0.809. The zero-order chi connectivity index (χ0) is 13.1. The highest BCUT2D eigenvalue weighted by molar-refractivity contribution is 8.00. The summed E-state index contributed by atoms with van der Waals surface area (Å²) in [5, 5.41) is 12.5. The smallest absolute Gasteiger partial charge is 0.311 e. The lowest BCUT2D eigenvalue weighted by Gasteiger charge is -2.27. The van der Waals surface area contributed by atoms with Crippen LogP contribution in [0.15, 0.2) is 0 Å². The zero-order valence-electron chi connectivity index (χ0n) is 10.7. The summed E-state index contributed by atoms with van der Waals surface area (Å²) in [6.07, 6.45) is 2.27. The van der Waals surface area contributed by atoms with Crippen LogP contribution in [-0.4, -0.2) is 34.0 Å². The van der Waals surface area contributed by atoms with Crippen LogP contribution in [0.2, 0.25) is 0 Å². The maximum atomic E-state index is 11.7. The summed E-state index contributed by atoms with van der Waals surface area (Å²) in [5.74, 6) is -0.455. The Bertz CT molecular complexity index is 306. The second kappa shape index (κ2) is 5.76. The number of aliphatic carboxylic acids is 1. The van der Waals surface area contributed by atoms with Crippen molar-refractivity contribution in [2.75, 3.05) is 5.75 Å². The van der Waals surface area contributed by atoms with Crippen molar-refractivity contribution < 1.29 is 14.7 Å². The van der Waals surface area contributed by atoms with Crippen LogP contribution < -0.4 is 5.32 Å². The van der Waals surface area contributed by atoms with Gasteiger partial charge in [-0.1, -0.05) is 20.3 Å². The number of rotatable bonds is 5. The van der Waals surface area contributed by atoms with Crippen molar-refractivity contribution in [1.82, 2.24) is 5.32 Å². The standard InChI is InChI=1S/C12H21NO3S/c1-8(2)17-7-10(14)13-9-5-4-6-12(9,3)11(15)16/h8-9H,4-7H2,1-3H3,(H,13,14)(H,15,16). The van der Waals surface area contributed by atoms with E-state index in [1.807, 2.05) is 13.8 Å². The summed E-state index contributed by atoms with van der Waals surface area (Å²) >= 11 is 1.57. The number of hydrogen-bond donors (Lipinski definition) is 2. The van der Waals surface area contributed by atoms with Crippen LogP contribution >= 0.6 is 11.8 Å². The van der Waals surface area contributed by atoms with Gasteiger partial charge >= 0.3 is 5.97 Å². The molecule has 2 atom stereocenters. The monoisotopic (exact) mass is 259 g/mol. The number of thioether (sulfide) groups is 1. The van der Waals surface area contributed by atoms with Crippen molar-refractivity contribution in [3.8, 4) is 0 Å². The lowest BCUT2D eigenvalue weighted by Crippen LogP contribution is -2.47. The molecule has 1 aliphatic carbocycles. The molecule has 0 aromatic heterocycles. The molecule has 2 N–H and O–H groups in total. The van der Waals surface area contributed by atoms with E-state index in [1.165, 1.54) is 0 Å². The second-order valence-electron chi connectivity index (χ2n) is 5.09. The molecule has 1 aliphatic rings. The van der Waals surface area contributed by atoms with Crippen molar-refractivity contribution in [2.24, 2.45) is 5.41 Å². The van der Waals surface area contributed by atoms with Gasteiger partial charge in [0.2, 0.25) is 5.91 Å². The topological polar surface area (TPSA) is 66.4 Å². The molecule has 0 aromatic carbocycles. The first kappa shape index (κ1) is 14.4. The second-order valence-corrected chi connectivity index (χ2v) is 6.66. The molecule has 1 fully saturated rings. The summed E-state index contributed by atoms with van der Waals surface area (Å²) in [4.78, 5) is 22.9. The molecule has 0 aromatic rings. The van der Waals surface area contributed by atoms with Crippen LogP contribution in [0.1, 0.15) is 40.0 Å². The summed E-state index contributed by atoms with van der Waals surface area (Å²) in [5.41, 5.74) is -0.793. The fourth-order valence-electron chi connectivity index (χ4n) is 2.13. The van der Waals surface area contributed by atoms with E-state index in [4.69, 9.17) is 0 Å². The van der Waals surface area contributed by atoms with Crippen LogP contribution in [0.4, 0.5) is 0 Å². The summed E-state index contributed by atoms with van der Waals surface area (Å²) in [6.45, 7) is 5.80. The van der Waals surface area contributed by atoms with Gasteiger partial charge in [-0.05, 0) is 25.0 Å². The van der Waals surface area contributed by atoms with Crippen molar-refractivity contribution in [3.05, 3.63) is 0 Å². The molecule has 4 nitrogen and oxygen atoms in total. The van der Waals surface area contributed by atoms with E-state index in [0.29, 0.717) is 17.4 Å². The number of hydrogen-bond acceptors (Lipinski definition) is 3. The average Bonchev–Trinajstić information content (AvgIpc) is 2.59. The fraction of sp³-hybridized carbons (Fsp3) is 0.833. The van der Waals surface area contributed by atoms with E-state index in [0.717, 1.165) is 12.8 Å². The lowest BCUT2D eigenvalue weighted by atomic mass is 9.85. The number of amides is 1. The highest BCUT2D eigenvalue weighted by atomic mass is 32.2. The molecule has 17 heavy (non-hydrogen) atoms. The van der Waals surface area contributed by atoms with Crippen LogP contribution in [0.25, 0.3) is 0 Å². The molecule has 2 unspecified atom stereocenters. The van der Waals surface area contributed by atoms with E-state index in [2.05, 4.69) is 5.32 Å². The fourth-order valence-corrected chi connectivity index (χ4v) is 2.70. The molecule has 1 amide bonds. The molecule has 1 saturated carbocycles. The van der Waals surface area contributed by atoms with Crippen LogP contribution in [0, 0.1) is 5.41 Å². The highest BCUT2D eigenvalue weighted by Crippen LogP contribution is 2.38. The van der Waals surface area contributed by atoms with Crippen LogP contribution in [0.5, 0.6) is 0 Å². The minimum absolute atomic E-state index is 0.0527. The number of carbonyl (C=O) groups excluding carboxylic acids is 1. The summed E-state index contributed by atoms with van der Waals surface area (Å²) < 4.78 is 0. The first-order chi connectivity index (χ1) is 7.86. The molecular formula is C12H21NO3S. The summed E-state index contributed by atoms with van der Waals surface area (Å²) in [7, 11) is 0. The van der Waals surface area contributed by atoms with E-state index < -0.39 is 11.4 Å². The zero-order valence-corrected chi connectivity index (χ0v) is 11.5. The molecule has 98 valence electrons. The Morgan fingerprint density at radius 2 is 2.18 bits per heavy atom. The molecule has 1 rings (SSSR count). The molecule has 0 spiro atoms. The Labute approximate surface area is 107 Å². The van der Waals surface area contributed by atoms with Gasteiger partial charge in [0.15, 0.2) is 0 Å². The largest absolute Gasteiger partial charge is 0.481 e. The molecular weight excluding hydrogens is 238 g/mol. The van der Waals surface area contributed by atoms with Crippen molar-refractivity contribution in [1.29, 1.82) is 0 Å². The van der Waals surface area contributed by atoms with Gasteiger partial charge in [-0.3, -0.25) is 9.59 Å². The number of carboxylic acids is 1. The third-order valence-corrected chi connectivity index (χ3v) is 4.43. The first-order valence-electron chi connectivity index (χ1n) is 6.00. The molecule has 5 heteroatoms. The van der Waals surface area contributed by atoms with Gasteiger partial charge in [-0.2, -0.15) is 0 Å². The van der Waals surface area contributed by atoms with Crippen molar-refractivity contribution >= 4 is 23.6 Å². The predicted octanol–water partition coefficient (Wildman–Crippen LogP) is 1.89. The maximum Gasteiger partial charge on any atom is 0.311 e. The highest BCUT2D eigenvalue weighted by Gasteiger charge is 2.45. The maximum absolute atomic E-state index is 11.7. The van der Waals surface area contributed by atoms with E-state index >= 15 is 0 Å². The SMILES string of the molecule is CC(C)SCC(=O)NC1CCCC1(C)C(=O)O. The van der Waals surface area contributed by atoms with Crippen molar-refractivity contribution in [3.63, 3.8) is 0 Å². The number of carboxylic acid groups (broad SMARTS) is 1. The molecule has 0 heterocycles. The van der Waals surface area contributed by atoms with Crippen LogP contribution in [0.3, 0.4) is 0 Å². The Kier molecular flexibility index (Phi) is 4.86. The average molecular weight is 259 g/mol. The summed E-state index contributed by atoms with van der Waals surface area (Å²) in [6, 6.07) is -0.222. The Balaban J connectivity index is 2.50.